The summed E-state index contributed by atoms with van der Waals surface area (Å²) in [6.07, 6.45) is 1.14. The summed E-state index contributed by atoms with van der Waals surface area (Å²) >= 11 is 0. The standard InChI is InChI=1S/C18H28N2O3/c1-5-7-16(18(22)23)19-17(21)15-10-8-14(9-11-15)12-20(6-2)13(3)4/h8-11,13,16H,5-7,12H2,1-4H3,(H,19,21)(H,22,23). The van der Waals surface area contributed by atoms with E-state index in [1.54, 1.807) is 12.1 Å². The van der Waals surface area contributed by atoms with Crippen molar-refractivity contribution in [3.8, 4) is 0 Å². The first-order valence-corrected chi connectivity index (χ1v) is 8.25. The maximum Gasteiger partial charge on any atom is 0.326 e. The van der Waals surface area contributed by atoms with Crippen LogP contribution in [-0.4, -0.2) is 40.5 Å². The Bertz CT molecular complexity index is 512. The summed E-state index contributed by atoms with van der Waals surface area (Å²) in [5, 5.41) is 11.7. The van der Waals surface area contributed by atoms with Crippen LogP contribution in [0.4, 0.5) is 0 Å². The lowest BCUT2D eigenvalue weighted by atomic mass is 10.1. The van der Waals surface area contributed by atoms with Crippen LogP contribution in [0.1, 0.15) is 56.5 Å². The average Bonchev–Trinajstić information content (AvgIpc) is 2.52. The average molecular weight is 320 g/mol. The largest absolute Gasteiger partial charge is 0.480 e. The number of carbonyl (C=O) groups excluding carboxylic acids is 1. The van der Waals surface area contributed by atoms with Crippen molar-refractivity contribution < 1.29 is 14.7 Å². The molecular weight excluding hydrogens is 292 g/mol. The summed E-state index contributed by atoms with van der Waals surface area (Å²) in [6.45, 7) is 10.1. The van der Waals surface area contributed by atoms with E-state index in [4.69, 9.17) is 5.11 Å². The number of nitrogens with one attached hydrogen (secondary N) is 1. The molecule has 2 N–H and O–H groups in total. The first-order chi connectivity index (χ1) is 10.9. The van der Waals surface area contributed by atoms with Gasteiger partial charge in [0.05, 0.1) is 0 Å². The Labute approximate surface area is 138 Å². The molecule has 0 aliphatic heterocycles. The molecule has 1 amide bonds. The van der Waals surface area contributed by atoms with Crippen molar-refractivity contribution in [3.63, 3.8) is 0 Å². The fraction of sp³-hybridized carbons (Fsp3) is 0.556. The van der Waals surface area contributed by atoms with Crippen LogP contribution in [-0.2, 0) is 11.3 Å². The van der Waals surface area contributed by atoms with Crippen LogP contribution in [0.3, 0.4) is 0 Å². The third kappa shape index (κ3) is 6.02. The van der Waals surface area contributed by atoms with Gasteiger partial charge in [-0.25, -0.2) is 4.79 Å². The number of benzene rings is 1. The van der Waals surface area contributed by atoms with Crippen LogP contribution < -0.4 is 5.32 Å². The Morgan fingerprint density at radius 2 is 1.78 bits per heavy atom. The number of rotatable bonds is 9. The molecule has 5 nitrogen and oxygen atoms in total. The van der Waals surface area contributed by atoms with Gasteiger partial charge in [-0.15, -0.1) is 0 Å². The predicted molar refractivity (Wildman–Crippen MR) is 91.5 cm³/mol. The normalized spacial score (nSPS) is 12.4. The van der Waals surface area contributed by atoms with Crippen molar-refractivity contribution in [1.29, 1.82) is 0 Å². The van der Waals surface area contributed by atoms with Crippen LogP contribution >= 0.6 is 0 Å². The van der Waals surface area contributed by atoms with E-state index >= 15 is 0 Å². The number of nitrogens with zero attached hydrogens (tertiary/aromatic N) is 1. The lowest BCUT2D eigenvalue weighted by molar-refractivity contribution is -0.139. The molecule has 1 rings (SSSR count). The Morgan fingerprint density at radius 1 is 1.17 bits per heavy atom. The van der Waals surface area contributed by atoms with Gasteiger partial charge in [-0.1, -0.05) is 32.4 Å². The zero-order chi connectivity index (χ0) is 17.4. The van der Waals surface area contributed by atoms with Gasteiger partial charge in [0.25, 0.3) is 5.91 Å². The van der Waals surface area contributed by atoms with Crippen molar-refractivity contribution >= 4 is 11.9 Å². The molecule has 128 valence electrons. The highest BCUT2D eigenvalue weighted by Crippen LogP contribution is 2.10. The van der Waals surface area contributed by atoms with Gasteiger partial charge >= 0.3 is 5.97 Å². The predicted octanol–water partition coefficient (Wildman–Crippen LogP) is 2.90. The van der Waals surface area contributed by atoms with Gasteiger partial charge < -0.3 is 10.4 Å². The Hall–Kier alpha value is -1.88. The van der Waals surface area contributed by atoms with Gasteiger partial charge in [0, 0.05) is 18.2 Å². The van der Waals surface area contributed by atoms with Crippen molar-refractivity contribution in [1.82, 2.24) is 10.2 Å². The highest BCUT2D eigenvalue weighted by Gasteiger charge is 2.19. The Balaban J connectivity index is 2.71. The molecule has 5 heteroatoms. The summed E-state index contributed by atoms with van der Waals surface area (Å²) < 4.78 is 0. The van der Waals surface area contributed by atoms with Crippen molar-refractivity contribution in [2.24, 2.45) is 0 Å². The Kier molecular flexibility index (Phi) is 7.75. The molecule has 1 unspecified atom stereocenters. The fourth-order valence-corrected chi connectivity index (χ4v) is 2.44. The second kappa shape index (κ2) is 9.30. The third-order valence-corrected chi connectivity index (χ3v) is 3.92. The molecule has 0 saturated carbocycles. The number of hydrogen-bond acceptors (Lipinski definition) is 3. The third-order valence-electron chi connectivity index (χ3n) is 3.92. The molecule has 1 atom stereocenters. The molecule has 0 fully saturated rings. The van der Waals surface area contributed by atoms with E-state index in [0.29, 0.717) is 24.4 Å². The van der Waals surface area contributed by atoms with E-state index in [9.17, 15) is 9.59 Å². The van der Waals surface area contributed by atoms with E-state index < -0.39 is 12.0 Å². The van der Waals surface area contributed by atoms with Gasteiger partial charge in [0.15, 0.2) is 0 Å². The zero-order valence-electron chi connectivity index (χ0n) is 14.5. The van der Waals surface area contributed by atoms with Crippen LogP contribution in [0, 0.1) is 0 Å². The molecule has 1 aromatic carbocycles. The van der Waals surface area contributed by atoms with Gasteiger partial charge in [-0.2, -0.15) is 0 Å². The minimum Gasteiger partial charge on any atom is -0.480 e. The van der Waals surface area contributed by atoms with Crippen molar-refractivity contribution in [3.05, 3.63) is 35.4 Å². The molecule has 0 radical (unpaired) electrons. The SMILES string of the molecule is CCCC(NC(=O)c1ccc(CN(CC)C(C)C)cc1)C(=O)O. The number of carbonyl (C=O) groups is 2. The second-order valence-electron chi connectivity index (χ2n) is 6.01. The quantitative estimate of drug-likeness (QED) is 0.734. The smallest absolute Gasteiger partial charge is 0.326 e. The summed E-state index contributed by atoms with van der Waals surface area (Å²) in [4.78, 5) is 25.6. The molecule has 0 heterocycles. The van der Waals surface area contributed by atoms with Crippen LogP contribution in [0.2, 0.25) is 0 Å². The van der Waals surface area contributed by atoms with Crippen LogP contribution in [0.15, 0.2) is 24.3 Å². The van der Waals surface area contributed by atoms with E-state index in [0.717, 1.165) is 18.7 Å². The van der Waals surface area contributed by atoms with Crippen LogP contribution in [0.5, 0.6) is 0 Å². The summed E-state index contributed by atoms with van der Waals surface area (Å²) in [7, 11) is 0. The van der Waals surface area contributed by atoms with Crippen molar-refractivity contribution in [2.45, 2.75) is 59.2 Å². The minimum atomic E-state index is -0.993. The number of carboxylic acids is 1. The summed E-state index contributed by atoms with van der Waals surface area (Å²) in [6, 6.07) is 7.00. The lowest BCUT2D eigenvalue weighted by Gasteiger charge is -2.24. The molecule has 0 aromatic heterocycles. The molecular formula is C18H28N2O3. The molecule has 0 spiro atoms. The maximum absolute atomic E-state index is 12.1. The molecule has 23 heavy (non-hydrogen) atoms. The number of carboxylic acid groups (broad SMARTS) is 1. The molecule has 0 bridgehead atoms. The van der Waals surface area contributed by atoms with E-state index in [-0.39, 0.29) is 5.91 Å². The second-order valence-corrected chi connectivity index (χ2v) is 6.01. The van der Waals surface area contributed by atoms with E-state index in [2.05, 4.69) is 31.0 Å². The first-order valence-electron chi connectivity index (χ1n) is 8.25. The number of aliphatic carboxylic acids is 1. The van der Waals surface area contributed by atoms with Crippen LogP contribution in [0.25, 0.3) is 0 Å². The molecule has 0 aliphatic carbocycles. The van der Waals surface area contributed by atoms with Gasteiger partial charge in [0.1, 0.15) is 6.04 Å². The zero-order valence-corrected chi connectivity index (χ0v) is 14.5. The van der Waals surface area contributed by atoms with E-state index in [1.807, 2.05) is 19.1 Å². The molecule has 0 saturated heterocycles. The summed E-state index contributed by atoms with van der Waals surface area (Å²) in [5.74, 6) is -1.33. The number of hydrogen-bond donors (Lipinski definition) is 2. The maximum atomic E-state index is 12.1. The van der Waals surface area contributed by atoms with Crippen molar-refractivity contribution in [2.75, 3.05) is 6.54 Å². The molecule has 0 aliphatic rings. The van der Waals surface area contributed by atoms with Gasteiger partial charge in [-0.05, 0) is 44.5 Å². The van der Waals surface area contributed by atoms with Gasteiger partial charge in [-0.3, -0.25) is 9.69 Å². The molecule has 1 aromatic rings. The monoisotopic (exact) mass is 320 g/mol. The highest BCUT2D eigenvalue weighted by molar-refractivity contribution is 5.96. The topological polar surface area (TPSA) is 69.6 Å². The van der Waals surface area contributed by atoms with E-state index in [1.165, 1.54) is 0 Å². The number of amides is 1. The Morgan fingerprint density at radius 3 is 2.22 bits per heavy atom. The first kappa shape index (κ1) is 19.2. The minimum absolute atomic E-state index is 0.339. The van der Waals surface area contributed by atoms with Gasteiger partial charge in [0.2, 0.25) is 0 Å². The summed E-state index contributed by atoms with van der Waals surface area (Å²) in [5.41, 5.74) is 1.63. The highest BCUT2D eigenvalue weighted by atomic mass is 16.4. The lowest BCUT2D eigenvalue weighted by Crippen LogP contribution is -2.40. The fourth-order valence-electron chi connectivity index (χ4n) is 2.44.